The molecule has 1 unspecified atom stereocenters. The van der Waals surface area contributed by atoms with Crippen LogP contribution in [-0.2, 0) is 16.0 Å². The summed E-state index contributed by atoms with van der Waals surface area (Å²) < 4.78 is 5.22. The van der Waals surface area contributed by atoms with Gasteiger partial charge in [0.2, 0.25) is 0 Å². The van der Waals surface area contributed by atoms with Crippen molar-refractivity contribution in [1.82, 2.24) is 0 Å². The van der Waals surface area contributed by atoms with E-state index in [2.05, 4.69) is 6.92 Å². The molecule has 4 nitrogen and oxygen atoms in total. The number of esters is 1. The van der Waals surface area contributed by atoms with Crippen LogP contribution < -0.4 is 11.5 Å². The van der Waals surface area contributed by atoms with Gasteiger partial charge in [0.05, 0.1) is 12.0 Å². The SMILES string of the molecule is CCCC(CN)(CCc1ccccc1N)C(=O)OCC. The number of ether oxygens (including phenoxy) is 1. The van der Waals surface area contributed by atoms with E-state index < -0.39 is 5.41 Å². The topological polar surface area (TPSA) is 78.3 Å². The molecule has 0 radical (unpaired) electrons. The molecule has 1 aromatic carbocycles. The number of nitrogens with two attached hydrogens (primary N) is 2. The van der Waals surface area contributed by atoms with Crippen molar-refractivity contribution in [3.8, 4) is 0 Å². The first kappa shape index (κ1) is 16.5. The van der Waals surface area contributed by atoms with E-state index in [0.29, 0.717) is 19.6 Å². The summed E-state index contributed by atoms with van der Waals surface area (Å²) in [4.78, 5) is 12.3. The maximum Gasteiger partial charge on any atom is 0.313 e. The lowest BCUT2D eigenvalue weighted by Crippen LogP contribution is -2.40. The van der Waals surface area contributed by atoms with Crippen molar-refractivity contribution in [2.75, 3.05) is 18.9 Å². The van der Waals surface area contributed by atoms with Crippen LogP contribution in [0.2, 0.25) is 0 Å². The Morgan fingerprint density at radius 1 is 1.25 bits per heavy atom. The summed E-state index contributed by atoms with van der Waals surface area (Å²) in [5, 5.41) is 0. The van der Waals surface area contributed by atoms with E-state index in [1.807, 2.05) is 31.2 Å². The van der Waals surface area contributed by atoms with Crippen LogP contribution in [-0.4, -0.2) is 19.1 Å². The van der Waals surface area contributed by atoms with Crippen LogP contribution in [0.15, 0.2) is 24.3 Å². The number of aryl methyl sites for hydroxylation is 1. The van der Waals surface area contributed by atoms with E-state index in [4.69, 9.17) is 16.2 Å². The molecule has 0 aliphatic carbocycles. The minimum absolute atomic E-state index is 0.182. The molecule has 0 aliphatic rings. The third kappa shape index (κ3) is 3.97. The lowest BCUT2D eigenvalue weighted by atomic mass is 9.78. The second kappa shape index (κ2) is 7.90. The smallest absolute Gasteiger partial charge is 0.313 e. The second-order valence-electron chi connectivity index (χ2n) is 5.15. The van der Waals surface area contributed by atoms with Gasteiger partial charge < -0.3 is 16.2 Å². The van der Waals surface area contributed by atoms with Crippen LogP contribution in [0.1, 0.15) is 38.7 Å². The third-order valence-electron chi connectivity index (χ3n) is 3.76. The first-order valence-corrected chi connectivity index (χ1v) is 7.30. The zero-order chi connectivity index (χ0) is 15.0. The molecule has 0 heterocycles. The maximum atomic E-state index is 12.3. The Labute approximate surface area is 121 Å². The molecule has 4 heteroatoms. The summed E-state index contributed by atoms with van der Waals surface area (Å²) in [6.07, 6.45) is 3.06. The van der Waals surface area contributed by atoms with Gasteiger partial charge >= 0.3 is 5.97 Å². The van der Waals surface area contributed by atoms with Gasteiger partial charge in [-0.25, -0.2) is 0 Å². The fraction of sp³-hybridized carbons (Fsp3) is 0.562. The van der Waals surface area contributed by atoms with Crippen molar-refractivity contribution in [3.63, 3.8) is 0 Å². The first-order chi connectivity index (χ1) is 9.59. The van der Waals surface area contributed by atoms with Gasteiger partial charge in [-0.2, -0.15) is 0 Å². The third-order valence-corrected chi connectivity index (χ3v) is 3.76. The van der Waals surface area contributed by atoms with Crippen LogP contribution in [0, 0.1) is 5.41 Å². The Hall–Kier alpha value is -1.55. The molecule has 0 aromatic heterocycles. The van der Waals surface area contributed by atoms with E-state index in [1.165, 1.54) is 0 Å². The molecule has 0 saturated carbocycles. The maximum absolute atomic E-state index is 12.3. The number of hydrogen-bond donors (Lipinski definition) is 2. The Morgan fingerprint density at radius 3 is 2.50 bits per heavy atom. The van der Waals surface area contributed by atoms with Crippen LogP contribution in [0.25, 0.3) is 0 Å². The van der Waals surface area contributed by atoms with Crippen molar-refractivity contribution in [1.29, 1.82) is 0 Å². The molecule has 4 N–H and O–H groups in total. The van der Waals surface area contributed by atoms with Crippen LogP contribution >= 0.6 is 0 Å². The van der Waals surface area contributed by atoms with Gasteiger partial charge in [-0.15, -0.1) is 0 Å². The highest BCUT2D eigenvalue weighted by atomic mass is 16.5. The Balaban J connectivity index is 2.84. The Kier molecular flexibility index (Phi) is 6.52. The summed E-state index contributed by atoms with van der Waals surface area (Å²) in [6.45, 7) is 4.57. The van der Waals surface area contributed by atoms with Crippen molar-refractivity contribution in [2.24, 2.45) is 11.1 Å². The predicted molar refractivity (Wildman–Crippen MR) is 82.2 cm³/mol. The van der Waals surface area contributed by atoms with E-state index in [0.717, 1.165) is 30.5 Å². The Bertz CT molecular complexity index is 434. The molecule has 0 saturated heterocycles. The number of carbonyl (C=O) groups excluding carboxylic acids is 1. The number of nitrogen functional groups attached to an aromatic ring is 1. The highest BCUT2D eigenvalue weighted by Gasteiger charge is 2.37. The highest BCUT2D eigenvalue weighted by molar-refractivity contribution is 5.77. The molecule has 1 aromatic rings. The van der Waals surface area contributed by atoms with E-state index in [1.54, 1.807) is 0 Å². The van der Waals surface area contributed by atoms with Crippen molar-refractivity contribution < 1.29 is 9.53 Å². The van der Waals surface area contributed by atoms with Crippen LogP contribution in [0.3, 0.4) is 0 Å². The van der Waals surface area contributed by atoms with Gasteiger partial charge in [0, 0.05) is 12.2 Å². The lowest BCUT2D eigenvalue weighted by Gasteiger charge is -2.30. The molecule has 0 fully saturated rings. The van der Waals surface area contributed by atoms with Crippen LogP contribution in [0.5, 0.6) is 0 Å². The molecule has 112 valence electrons. The zero-order valence-electron chi connectivity index (χ0n) is 12.5. The molecule has 20 heavy (non-hydrogen) atoms. The fourth-order valence-corrected chi connectivity index (χ4v) is 2.52. The predicted octanol–water partition coefficient (Wildman–Crippen LogP) is 2.51. The summed E-state index contributed by atoms with van der Waals surface area (Å²) in [5.74, 6) is -0.182. The summed E-state index contributed by atoms with van der Waals surface area (Å²) in [7, 11) is 0. The normalized spacial score (nSPS) is 13.8. The van der Waals surface area contributed by atoms with E-state index in [9.17, 15) is 4.79 Å². The molecular formula is C16H26N2O2. The number of para-hydroxylation sites is 1. The van der Waals surface area contributed by atoms with Gasteiger partial charge in [0.25, 0.3) is 0 Å². The largest absolute Gasteiger partial charge is 0.466 e. The van der Waals surface area contributed by atoms with E-state index >= 15 is 0 Å². The van der Waals surface area contributed by atoms with Crippen LogP contribution in [0.4, 0.5) is 5.69 Å². The monoisotopic (exact) mass is 278 g/mol. The quantitative estimate of drug-likeness (QED) is 0.565. The van der Waals surface area contributed by atoms with Crippen molar-refractivity contribution in [3.05, 3.63) is 29.8 Å². The van der Waals surface area contributed by atoms with E-state index in [-0.39, 0.29) is 5.97 Å². The minimum Gasteiger partial charge on any atom is -0.466 e. The number of benzene rings is 1. The number of rotatable bonds is 8. The van der Waals surface area contributed by atoms with Gasteiger partial charge in [0.1, 0.15) is 0 Å². The summed E-state index contributed by atoms with van der Waals surface area (Å²) in [5.41, 5.74) is 13.1. The fourth-order valence-electron chi connectivity index (χ4n) is 2.52. The first-order valence-electron chi connectivity index (χ1n) is 7.30. The number of carbonyl (C=O) groups is 1. The number of anilines is 1. The Morgan fingerprint density at radius 2 is 1.95 bits per heavy atom. The molecule has 1 atom stereocenters. The van der Waals surface area contributed by atoms with Crippen molar-refractivity contribution >= 4 is 11.7 Å². The average molecular weight is 278 g/mol. The molecule has 1 rings (SSSR count). The van der Waals surface area contributed by atoms with Crippen molar-refractivity contribution in [2.45, 2.75) is 39.5 Å². The lowest BCUT2D eigenvalue weighted by molar-refractivity contribution is -0.155. The second-order valence-corrected chi connectivity index (χ2v) is 5.15. The number of hydrogen-bond acceptors (Lipinski definition) is 4. The zero-order valence-corrected chi connectivity index (χ0v) is 12.5. The average Bonchev–Trinajstić information content (AvgIpc) is 2.45. The van der Waals surface area contributed by atoms with Gasteiger partial charge in [0.15, 0.2) is 0 Å². The molecule has 0 spiro atoms. The minimum atomic E-state index is -0.590. The highest BCUT2D eigenvalue weighted by Crippen LogP contribution is 2.31. The van der Waals surface area contributed by atoms with Gasteiger partial charge in [-0.1, -0.05) is 31.5 Å². The standard InChI is InChI=1S/C16H26N2O2/c1-3-10-16(12-17,15(19)20-4-2)11-9-13-7-5-6-8-14(13)18/h5-8H,3-4,9-12,17-18H2,1-2H3. The summed E-state index contributed by atoms with van der Waals surface area (Å²) in [6, 6.07) is 7.74. The molecule has 0 aliphatic heterocycles. The molecule has 0 amide bonds. The van der Waals surface area contributed by atoms with Gasteiger partial charge in [-0.3, -0.25) is 4.79 Å². The van der Waals surface area contributed by atoms with Gasteiger partial charge in [-0.05, 0) is 37.8 Å². The summed E-state index contributed by atoms with van der Waals surface area (Å²) >= 11 is 0. The molecular weight excluding hydrogens is 252 g/mol. The molecule has 0 bridgehead atoms.